The second-order valence-corrected chi connectivity index (χ2v) is 5.17. The molecule has 0 saturated carbocycles. The fraction of sp³-hybridized carbons (Fsp3) is 0.417. The van der Waals surface area contributed by atoms with Gasteiger partial charge in [-0.25, -0.2) is 0 Å². The lowest BCUT2D eigenvalue weighted by Gasteiger charge is -2.33. The molecule has 0 fully saturated rings. The van der Waals surface area contributed by atoms with Crippen molar-refractivity contribution in [2.75, 3.05) is 5.32 Å². The number of carbonyl (C=O) groups is 1. The van der Waals surface area contributed by atoms with Gasteiger partial charge in [0, 0.05) is 18.3 Å². The molecule has 0 bridgehead atoms. The standard InChI is InChI=1S/C12H12F3N5O2/c1-5-6(4-16-20(5)2)9-8-10(19-18-9)17-7(21)3-11(8,22)12(13,14)15/h4,22H,3H2,1-2H3,(H2,17,18,19,21). The predicted octanol–water partition coefficient (Wildman–Crippen LogP) is 1.21. The monoisotopic (exact) mass is 315 g/mol. The lowest BCUT2D eigenvalue weighted by molar-refractivity contribution is -0.267. The first kappa shape index (κ1) is 14.6. The number of carbonyl (C=O) groups excluding carboxylic acids is 1. The number of halogens is 3. The van der Waals surface area contributed by atoms with Crippen LogP contribution in [0.5, 0.6) is 0 Å². The molecule has 0 aromatic carbocycles. The number of alkyl halides is 3. The SMILES string of the molecule is Cc1c(-c2[nH]nc3c2C(O)(C(F)(F)F)CC(=O)N3)cnn1C. The molecule has 3 N–H and O–H groups in total. The first-order chi connectivity index (χ1) is 10.1. The van der Waals surface area contributed by atoms with Gasteiger partial charge in [0.25, 0.3) is 0 Å². The summed E-state index contributed by atoms with van der Waals surface area (Å²) in [7, 11) is 1.64. The number of aliphatic hydroxyl groups is 1. The lowest BCUT2D eigenvalue weighted by atomic mass is 9.85. The van der Waals surface area contributed by atoms with Crippen LogP contribution in [0.1, 0.15) is 17.7 Å². The van der Waals surface area contributed by atoms with Crippen molar-refractivity contribution < 1.29 is 23.1 Å². The summed E-state index contributed by atoms with van der Waals surface area (Å²) in [6.07, 6.45) is -4.76. The third kappa shape index (κ3) is 1.83. The molecule has 22 heavy (non-hydrogen) atoms. The number of aromatic amines is 1. The zero-order valence-corrected chi connectivity index (χ0v) is 11.6. The van der Waals surface area contributed by atoms with E-state index in [9.17, 15) is 23.1 Å². The van der Waals surface area contributed by atoms with E-state index >= 15 is 0 Å². The van der Waals surface area contributed by atoms with E-state index in [1.807, 2.05) is 0 Å². The summed E-state index contributed by atoms with van der Waals surface area (Å²) in [6, 6.07) is 0. The Balaban J connectivity index is 2.27. The molecule has 1 aliphatic rings. The second-order valence-electron chi connectivity index (χ2n) is 5.17. The highest BCUT2D eigenvalue weighted by Gasteiger charge is 2.60. The van der Waals surface area contributed by atoms with E-state index in [-0.39, 0.29) is 11.5 Å². The summed E-state index contributed by atoms with van der Waals surface area (Å²) in [6.45, 7) is 1.67. The molecule has 1 aliphatic heterocycles. The van der Waals surface area contributed by atoms with Crippen LogP contribution < -0.4 is 5.32 Å². The van der Waals surface area contributed by atoms with Crippen molar-refractivity contribution in [3.63, 3.8) is 0 Å². The largest absolute Gasteiger partial charge is 0.422 e. The number of nitrogens with one attached hydrogen (secondary N) is 2. The summed E-state index contributed by atoms with van der Waals surface area (Å²) < 4.78 is 41.6. The Bertz CT molecular complexity index is 763. The number of hydrogen-bond acceptors (Lipinski definition) is 4. The van der Waals surface area contributed by atoms with Crippen LogP contribution in [0, 0.1) is 6.92 Å². The third-order valence-corrected chi connectivity index (χ3v) is 3.83. The second kappa shape index (κ2) is 4.32. The van der Waals surface area contributed by atoms with Gasteiger partial charge in [0.2, 0.25) is 5.91 Å². The Morgan fingerprint density at radius 1 is 1.45 bits per heavy atom. The topological polar surface area (TPSA) is 95.8 Å². The van der Waals surface area contributed by atoms with Crippen LogP contribution in [0.15, 0.2) is 6.20 Å². The molecule has 0 spiro atoms. The van der Waals surface area contributed by atoms with Crippen molar-refractivity contribution in [2.24, 2.45) is 7.05 Å². The van der Waals surface area contributed by atoms with Gasteiger partial charge in [0.15, 0.2) is 11.4 Å². The third-order valence-electron chi connectivity index (χ3n) is 3.83. The van der Waals surface area contributed by atoms with Crippen molar-refractivity contribution >= 4 is 11.7 Å². The lowest BCUT2D eigenvalue weighted by Crippen LogP contribution is -2.48. The number of aromatic nitrogens is 4. The van der Waals surface area contributed by atoms with Crippen LogP contribution in [-0.4, -0.2) is 37.2 Å². The molecule has 0 radical (unpaired) electrons. The van der Waals surface area contributed by atoms with Crippen LogP contribution in [0.2, 0.25) is 0 Å². The smallest absolute Gasteiger partial charge is 0.376 e. The van der Waals surface area contributed by atoms with Gasteiger partial charge in [0.1, 0.15) is 0 Å². The van der Waals surface area contributed by atoms with Crippen LogP contribution in [-0.2, 0) is 17.4 Å². The van der Waals surface area contributed by atoms with Gasteiger partial charge in [-0.15, -0.1) is 0 Å². The molecule has 118 valence electrons. The number of fused-ring (bicyclic) bond motifs is 1. The summed E-state index contributed by atoms with van der Waals surface area (Å²) in [5, 5.41) is 22.5. The van der Waals surface area contributed by atoms with Gasteiger partial charge < -0.3 is 10.4 Å². The maximum Gasteiger partial charge on any atom is 0.422 e. The molecular weight excluding hydrogens is 303 g/mol. The zero-order chi connectivity index (χ0) is 16.3. The quantitative estimate of drug-likeness (QED) is 0.737. The molecule has 0 saturated heterocycles. The minimum atomic E-state index is -5.02. The highest BCUT2D eigenvalue weighted by Crippen LogP contribution is 2.49. The molecule has 1 atom stereocenters. The fourth-order valence-electron chi connectivity index (χ4n) is 2.51. The fourth-order valence-corrected chi connectivity index (χ4v) is 2.51. The molecule has 2 aromatic rings. The predicted molar refractivity (Wildman–Crippen MR) is 68.7 cm³/mol. The van der Waals surface area contributed by atoms with Crippen LogP contribution >= 0.6 is 0 Å². The molecule has 10 heteroatoms. The van der Waals surface area contributed by atoms with E-state index in [0.717, 1.165) is 0 Å². The van der Waals surface area contributed by atoms with Crippen molar-refractivity contribution in [3.05, 3.63) is 17.5 Å². The molecule has 3 heterocycles. The maximum absolute atomic E-state index is 13.4. The number of amides is 1. The number of aryl methyl sites for hydroxylation is 1. The Labute approximate surface area is 122 Å². The van der Waals surface area contributed by atoms with Gasteiger partial charge >= 0.3 is 6.18 Å². The zero-order valence-electron chi connectivity index (χ0n) is 11.6. The van der Waals surface area contributed by atoms with E-state index in [2.05, 4.69) is 20.6 Å². The highest BCUT2D eigenvalue weighted by molar-refractivity contribution is 5.96. The summed E-state index contributed by atoms with van der Waals surface area (Å²) in [5.41, 5.74) is -2.84. The molecule has 0 aliphatic carbocycles. The van der Waals surface area contributed by atoms with E-state index in [0.29, 0.717) is 11.3 Å². The normalized spacial score (nSPS) is 21.6. The van der Waals surface area contributed by atoms with E-state index in [4.69, 9.17) is 0 Å². The van der Waals surface area contributed by atoms with Crippen LogP contribution in [0.25, 0.3) is 11.3 Å². The van der Waals surface area contributed by atoms with Crippen molar-refractivity contribution in [1.82, 2.24) is 20.0 Å². The minimum absolute atomic E-state index is 0.0135. The van der Waals surface area contributed by atoms with E-state index in [1.54, 1.807) is 14.0 Å². The molecular formula is C12H12F3N5O2. The molecule has 2 aromatic heterocycles. The van der Waals surface area contributed by atoms with Crippen molar-refractivity contribution in [2.45, 2.75) is 25.1 Å². The Hall–Kier alpha value is -2.36. The number of hydrogen-bond donors (Lipinski definition) is 3. The van der Waals surface area contributed by atoms with Gasteiger partial charge in [-0.1, -0.05) is 0 Å². The highest BCUT2D eigenvalue weighted by atomic mass is 19.4. The van der Waals surface area contributed by atoms with Crippen LogP contribution in [0.4, 0.5) is 19.0 Å². The first-order valence-electron chi connectivity index (χ1n) is 6.32. The summed E-state index contributed by atoms with van der Waals surface area (Å²) in [4.78, 5) is 11.5. The van der Waals surface area contributed by atoms with Gasteiger partial charge in [-0.3, -0.25) is 14.6 Å². The van der Waals surface area contributed by atoms with Crippen molar-refractivity contribution in [3.8, 4) is 11.3 Å². The average molecular weight is 315 g/mol. The minimum Gasteiger partial charge on any atom is -0.376 e. The number of anilines is 1. The van der Waals surface area contributed by atoms with Gasteiger partial charge in [-0.2, -0.15) is 23.4 Å². The van der Waals surface area contributed by atoms with Gasteiger partial charge in [-0.05, 0) is 6.92 Å². The summed E-state index contributed by atoms with van der Waals surface area (Å²) >= 11 is 0. The molecule has 3 rings (SSSR count). The van der Waals surface area contributed by atoms with E-state index < -0.39 is 29.7 Å². The van der Waals surface area contributed by atoms with Gasteiger partial charge in [0.05, 0.1) is 23.9 Å². The summed E-state index contributed by atoms with van der Waals surface area (Å²) in [5.74, 6) is -1.28. The first-order valence-corrected chi connectivity index (χ1v) is 6.32. The molecule has 1 unspecified atom stereocenters. The Kier molecular flexibility index (Phi) is 2.86. The Morgan fingerprint density at radius 3 is 2.68 bits per heavy atom. The van der Waals surface area contributed by atoms with Crippen LogP contribution in [0.3, 0.4) is 0 Å². The van der Waals surface area contributed by atoms with Crippen molar-refractivity contribution in [1.29, 1.82) is 0 Å². The number of nitrogens with zero attached hydrogens (tertiary/aromatic N) is 3. The molecule has 7 nitrogen and oxygen atoms in total. The molecule has 1 amide bonds. The Morgan fingerprint density at radius 2 is 2.14 bits per heavy atom. The average Bonchev–Trinajstić information content (AvgIpc) is 2.93. The number of H-pyrrole nitrogens is 1. The van der Waals surface area contributed by atoms with E-state index in [1.165, 1.54) is 10.9 Å². The maximum atomic E-state index is 13.4. The number of rotatable bonds is 1.